The van der Waals surface area contributed by atoms with Gasteiger partial charge in [0.1, 0.15) is 17.2 Å². The molecule has 0 aliphatic carbocycles. The molecule has 0 saturated carbocycles. The maximum absolute atomic E-state index is 10.3. The molecule has 0 heterocycles. The van der Waals surface area contributed by atoms with E-state index in [0.29, 0.717) is 28.2 Å². The van der Waals surface area contributed by atoms with Gasteiger partial charge in [0, 0.05) is 16.7 Å². The van der Waals surface area contributed by atoms with Crippen LogP contribution in [-0.4, -0.2) is 15.3 Å². The molecular weight excluding hydrogens is 300 g/mol. The first-order valence-electron chi connectivity index (χ1n) is 7.51. The predicted molar refractivity (Wildman–Crippen MR) is 94.8 cm³/mol. The lowest BCUT2D eigenvalue weighted by molar-refractivity contribution is 0.465. The van der Waals surface area contributed by atoms with Crippen molar-refractivity contribution >= 4 is 5.57 Å². The molecule has 0 amide bonds. The molecule has 3 heteroatoms. The normalized spacial score (nSPS) is 10.7. The van der Waals surface area contributed by atoms with E-state index in [2.05, 4.69) is 6.58 Å². The van der Waals surface area contributed by atoms with Crippen molar-refractivity contribution in [2.24, 2.45) is 0 Å². The maximum Gasteiger partial charge on any atom is 0.123 e. The van der Waals surface area contributed by atoms with Gasteiger partial charge in [0.2, 0.25) is 0 Å². The number of hydrogen-bond acceptors (Lipinski definition) is 3. The minimum absolute atomic E-state index is 0.0762. The maximum atomic E-state index is 10.3. The van der Waals surface area contributed by atoms with Crippen LogP contribution in [0.2, 0.25) is 0 Å². The minimum atomic E-state index is 0.0762. The number of allylic oxidation sites excluding steroid dienone is 1. The standard InChI is InChI=1S/C21H17O3/c1-14(15-8-2-5-11-18(15)22)21(16-9-3-6-12-19(16)23)17-10-4-7-13-20(17)24/h2-13,22-24H,1H2. The topological polar surface area (TPSA) is 60.7 Å². The molecule has 0 bridgehead atoms. The van der Waals surface area contributed by atoms with Crippen molar-refractivity contribution in [2.45, 2.75) is 0 Å². The van der Waals surface area contributed by atoms with Crippen molar-refractivity contribution in [1.82, 2.24) is 0 Å². The Kier molecular flexibility index (Phi) is 4.25. The second-order valence-electron chi connectivity index (χ2n) is 5.41. The van der Waals surface area contributed by atoms with Gasteiger partial charge in [0.15, 0.2) is 0 Å². The number of rotatable bonds is 4. The van der Waals surface area contributed by atoms with Crippen LogP contribution >= 0.6 is 0 Å². The van der Waals surface area contributed by atoms with Crippen LogP contribution in [0.25, 0.3) is 5.57 Å². The molecule has 24 heavy (non-hydrogen) atoms. The Bertz CT molecular complexity index is 838. The van der Waals surface area contributed by atoms with Gasteiger partial charge in [-0.15, -0.1) is 0 Å². The second-order valence-corrected chi connectivity index (χ2v) is 5.41. The van der Waals surface area contributed by atoms with Crippen molar-refractivity contribution < 1.29 is 15.3 Å². The van der Waals surface area contributed by atoms with E-state index in [1.54, 1.807) is 72.8 Å². The Morgan fingerprint density at radius 3 is 1.25 bits per heavy atom. The van der Waals surface area contributed by atoms with Gasteiger partial charge in [-0.05, 0) is 23.8 Å². The molecule has 3 aromatic carbocycles. The zero-order valence-corrected chi connectivity index (χ0v) is 13.0. The summed E-state index contributed by atoms with van der Waals surface area (Å²) in [6.07, 6.45) is 0. The Hall–Kier alpha value is -3.20. The minimum Gasteiger partial charge on any atom is -0.508 e. The van der Waals surface area contributed by atoms with Crippen molar-refractivity contribution in [3.8, 4) is 17.2 Å². The van der Waals surface area contributed by atoms with Crippen LogP contribution in [0.4, 0.5) is 0 Å². The number of hydrogen-bond donors (Lipinski definition) is 3. The highest BCUT2D eigenvalue weighted by molar-refractivity contribution is 5.88. The Labute approximate surface area is 140 Å². The van der Waals surface area contributed by atoms with Crippen LogP contribution in [-0.2, 0) is 0 Å². The molecule has 3 rings (SSSR count). The average molecular weight is 317 g/mol. The van der Waals surface area contributed by atoms with Gasteiger partial charge in [0.05, 0.1) is 5.92 Å². The van der Waals surface area contributed by atoms with Gasteiger partial charge in [-0.2, -0.15) is 0 Å². The Morgan fingerprint density at radius 1 is 0.542 bits per heavy atom. The molecule has 0 aliphatic rings. The molecule has 0 atom stereocenters. The van der Waals surface area contributed by atoms with Gasteiger partial charge in [-0.3, -0.25) is 0 Å². The highest BCUT2D eigenvalue weighted by atomic mass is 16.3. The van der Waals surface area contributed by atoms with E-state index in [-0.39, 0.29) is 17.2 Å². The molecule has 0 saturated heterocycles. The first-order valence-corrected chi connectivity index (χ1v) is 7.51. The Morgan fingerprint density at radius 2 is 0.875 bits per heavy atom. The fraction of sp³-hybridized carbons (Fsp3) is 0. The van der Waals surface area contributed by atoms with Gasteiger partial charge in [-0.25, -0.2) is 0 Å². The molecule has 0 spiro atoms. The van der Waals surface area contributed by atoms with Gasteiger partial charge in [-0.1, -0.05) is 61.2 Å². The molecule has 0 aromatic heterocycles. The smallest absolute Gasteiger partial charge is 0.123 e. The largest absolute Gasteiger partial charge is 0.508 e. The lowest BCUT2D eigenvalue weighted by atomic mass is 9.81. The zero-order valence-electron chi connectivity index (χ0n) is 13.0. The molecular formula is C21H17O3. The highest BCUT2D eigenvalue weighted by Gasteiger charge is 2.26. The summed E-state index contributed by atoms with van der Waals surface area (Å²) in [4.78, 5) is 0. The van der Waals surface area contributed by atoms with E-state index in [1.165, 1.54) is 0 Å². The van der Waals surface area contributed by atoms with E-state index < -0.39 is 0 Å². The van der Waals surface area contributed by atoms with Crippen LogP contribution < -0.4 is 0 Å². The van der Waals surface area contributed by atoms with Gasteiger partial charge < -0.3 is 15.3 Å². The SMILES string of the molecule is C=C([C](c1ccccc1O)c1ccccc1O)c1ccccc1O. The van der Waals surface area contributed by atoms with Crippen LogP contribution in [0.15, 0.2) is 79.4 Å². The van der Waals surface area contributed by atoms with Crippen LogP contribution in [0.5, 0.6) is 17.2 Å². The zero-order chi connectivity index (χ0) is 17.1. The van der Waals surface area contributed by atoms with Crippen LogP contribution in [0.1, 0.15) is 16.7 Å². The molecule has 0 aliphatic heterocycles. The van der Waals surface area contributed by atoms with Gasteiger partial charge >= 0.3 is 0 Å². The van der Waals surface area contributed by atoms with Crippen molar-refractivity contribution in [3.63, 3.8) is 0 Å². The quantitative estimate of drug-likeness (QED) is 0.664. The summed E-state index contributed by atoms with van der Waals surface area (Å²) in [5.74, 6) is 0.804. The number of phenols is 3. The summed E-state index contributed by atoms with van der Waals surface area (Å²) in [5, 5.41) is 30.7. The molecule has 1 radical (unpaired) electrons. The van der Waals surface area contributed by atoms with Gasteiger partial charge in [0.25, 0.3) is 0 Å². The highest BCUT2D eigenvalue weighted by Crippen LogP contribution is 2.44. The summed E-state index contributed by atoms with van der Waals surface area (Å²) >= 11 is 0. The van der Waals surface area contributed by atoms with E-state index in [4.69, 9.17) is 0 Å². The van der Waals surface area contributed by atoms with Crippen LogP contribution in [0, 0.1) is 5.92 Å². The first kappa shape index (κ1) is 15.7. The number of benzene rings is 3. The number of phenolic OH excluding ortho intramolecular Hbond substituents is 3. The third kappa shape index (κ3) is 2.84. The van der Waals surface area contributed by atoms with E-state index in [0.717, 1.165) is 0 Å². The summed E-state index contributed by atoms with van der Waals surface area (Å²) in [6, 6.07) is 20.6. The van der Waals surface area contributed by atoms with Crippen molar-refractivity contribution in [2.75, 3.05) is 0 Å². The average Bonchev–Trinajstić information content (AvgIpc) is 2.58. The van der Waals surface area contributed by atoms with Crippen LogP contribution in [0.3, 0.4) is 0 Å². The van der Waals surface area contributed by atoms with E-state index in [1.807, 2.05) is 0 Å². The predicted octanol–water partition coefficient (Wildman–Crippen LogP) is 4.49. The lowest BCUT2D eigenvalue weighted by Gasteiger charge is -2.22. The summed E-state index contributed by atoms with van der Waals surface area (Å²) in [6.45, 7) is 4.10. The molecule has 3 nitrogen and oxygen atoms in total. The molecule has 0 unspecified atom stereocenters. The molecule has 119 valence electrons. The Balaban J connectivity index is 2.20. The molecule has 0 fully saturated rings. The number of aromatic hydroxyl groups is 3. The fourth-order valence-electron chi connectivity index (χ4n) is 2.70. The summed E-state index contributed by atoms with van der Waals surface area (Å²) in [5.41, 5.74) is 2.12. The summed E-state index contributed by atoms with van der Waals surface area (Å²) < 4.78 is 0. The fourth-order valence-corrected chi connectivity index (χ4v) is 2.70. The second kappa shape index (κ2) is 6.50. The molecule has 3 aromatic rings. The monoisotopic (exact) mass is 317 g/mol. The molecule has 3 N–H and O–H groups in total. The third-order valence-corrected chi connectivity index (χ3v) is 3.88. The van der Waals surface area contributed by atoms with E-state index >= 15 is 0 Å². The number of para-hydroxylation sites is 3. The lowest BCUT2D eigenvalue weighted by Crippen LogP contribution is -2.06. The van der Waals surface area contributed by atoms with Crippen molar-refractivity contribution in [1.29, 1.82) is 0 Å². The third-order valence-electron chi connectivity index (χ3n) is 3.88. The first-order chi connectivity index (χ1) is 11.6. The summed E-state index contributed by atoms with van der Waals surface area (Å²) in [7, 11) is 0. The van der Waals surface area contributed by atoms with Crippen molar-refractivity contribution in [3.05, 3.63) is 102 Å². The van der Waals surface area contributed by atoms with E-state index in [9.17, 15) is 15.3 Å².